The second-order valence-electron chi connectivity index (χ2n) is 5.33. The van der Waals surface area contributed by atoms with Gasteiger partial charge in [-0.2, -0.15) is 0 Å². The van der Waals surface area contributed by atoms with E-state index in [9.17, 15) is 17.8 Å². The standard InChI is InChI=1S/C15H18F2O2S/c1-10(20(19)9-11-4-2-3-5-11)15(18)12-6-7-13(16)14(17)8-12/h6-8,10-11H,2-5,9H2,1H3. The first-order chi connectivity index (χ1) is 9.49. The summed E-state index contributed by atoms with van der Waals surface area (Å²) in [5.41, 5.74) is 0.0798. The third-order valence-electron chi connectivity index (χ3n) is 3.84. The molecule has 0 aromatic heterocycles. The SMILES string of the molecule is CC(C(=O)c1ccc(F)c(F)c1)S(=O)CC1CCCC1. The topological polar surface area (TPSA) is 34.1 Å². The summed E-state index contributed by atoms with van der Waals surface area (Å²) in [6.07, 6.45) is 4.45. The number of carbonyl (C=O) groups is 1. The van der Waals surface area contributed by atoms with Gasteiger partial charge in [-0.1, -0.05) is 12.8 Å². The van der Waals surface area contributed by atoms with Crippen molar-refractivity contribution in [2.45, 2.75) is 37.9 Å². The maximum atomic E-state index is 13.1. The Kier molecular flexibility index (Phi) is 5.02. The third kappa shape index (κ3) is 3.51. The molecule has 0 spiro atoms. The van der Waals surface area contributed by atoms with Crippen LogP contribution in [0.25, 0.3) is 0 Å². The van der Waals surface area contributed by atoms with Crippen molar-refractivity contribution >= 4 is 16.6 Å². The highest BCUT2D eigenvalue weighted by Crippen LogP contribution is 2.26. The van der Waals surface area contributed by atoms with Crippen molar-refractivity contribution in [2.75, 3.05) is 5.75 Å². The Balaban J connectivity index is 2.03. The van der Waals surface area contributed by atoms with Crippen LogP contribution in [0.1, 0.15) is 43.0 Å². The molecule has 20 heavy (non-hydrogen) atoms. The van der Waals surface area contributed by atoms with Crippen LogP contribution in [-0.2, 0) is 10.8 Å². The summed E-state index contributed by atoms with van der Waals surface area (Å²) in [4.78, 5) is 12.1. The number of hydrogen-bond donors (Lipinski definition) is 0. The summed E-state index contributed by atoms with van der Waals surface area (Å²) in [6.45, 7) is 1.59. The highest BCUT2D eigenvalue weighted by atomic mass is 32.2. The van der Waals surface area contributed by atoms with Crippen LogP contribution < -0.4 is 0 Å². The molecule has 2 nitrogen and oxygen atoms in total. The van der Waals surface area contributed by atoms with Gasteiger partial charge in [0.25, 0.3) is 0 Å². The molecule has 0 saturated heterocycles. The molecule has 5 heteroatoms. The van der Waals surface area contributed by atoms with E-state index in [1.54, 1.807) is 6.92 Å². The van der Waals surface area contributed by atoms with Crippen molar-refractivity contribution in [3.63, 3.8) is 0 Å². The number of carbonyl (C=O) groups excluding carboxylic acids is 1. The Morgan fingerprint density at radius 3 is 2.55 bits per heavy atom. The molecule has 1 aliphatic rings. The molecule has 0 amide bonds. The van der Waals surface area contributed by atoms with E-state index in [-0.39, 0.29) is 11.3 Å². The molecule has 1 fully saturated rings. The zero-order valence-electron chi connectivity index (χ0n) is 11.4. The quantitative estimate of drug-likeness (QED) is 0.780. The lowest BCUT2D eigenvalue weighted by Gasteiger charge is -2.14. The van der Waals surface area contributed by atoms with Crippen molar-refractivity contribution in [3.05, 3.63) is 35.4 Å². The summed E-state index contributed by atoms with van der Waals surface area (Å²) in [5, 5.41) is -0.680. The van der Waals surface area contributed by atoms with Gasteiger partial charge < -0.3 is 0 Å². The monoisotopic (exact) mass is 300 g/mol. The van der Waals surface area contributed by atoms with E-state index in [1.165, 1.54) is 6.07 Å². The zero-order chi connectivity index (χ0) is 14.7. The van der Waals surface area contributed by atoms with Gasteiger partial charge >= 0.3 is 0 Å². The minimum atomic E-state index is -1.26. The first kappa shape index (κ1) is 15.3. The number of hydrogen-bond acceptors (Lipinski definition) is 2. The van der Waals surface area contributed by atoms with E-state index in [1.807, 2.05) is 0 Å². The molecule has 2 atom stereocenters. The molecule has 0 aliphatic heterocycles. The van der Waals surface area contributed by atoms with Gasteiger partial charge in [-0.3, -0.25) is 9.00 Å². The summed E-state index contributed by atoms with van der Waals surface area (Å²) < 4.78 is 38.2. The fourth-order valence-corrected chi connectivity index (χ4v) is 4.02. The van der Waals surface area contributed by atoms with Gasteiger partial charge in [-0.25, -0.2) is 8.78 Å². The van der Waals surface area contributed by atoms with Crippen molar-refractivity contribution < 1.29 is 17.8 Å². The molecule has 1 saturated carbocycles. The van der Waals surface area contributed by atoms with Gasteiger partial charge in [0, 0.05) is 22.1 Å². The number of Topliss-reactive ketones (excluding diaryl/α,β-unsaturated/α-hetero) is 1. The lowest BCUT2D eigenvalue weighted by atomic mass is 10.1. The van der Waals surface area contributed by atoms with Crippen LogP contribution in [0, 0.1) is 17.6 Å². The number of benzene rings is 1. The van der Waals surface area contributed by atoms with E-state index in [2.05, 4.69) is 0 Å². The maximum absolute atomic E-state index is 13.1. The molecular weight excluding hydrogens is 282 g/mol. The molecule has 0 radical (unpaired) electrons. The molecule has 1 aromatic carbocycles. The van der Waals surface area contributed by atoms with Crippen LogP contribution in [-0.4, -0.2) is 21.0 Å². The summed E-state index contributed by atoms with van der Waals surface area (Å²) in [6, 6.07) is 3.04. The minimum absolute atomic E-state index is 0.0798. The largest absolute Gasteiger partial charge is 0.293 e. The van der Waals surface area contributed by atoms with Crippen LogP contribution in [0.5, 0.6) is 0 Å². The zero-order valence-corrected chi connectivity index (χ0v) is 12.2. The van der Waals surface area contributed by atoms with Crippen LogP contribution in [0.15, 0.2) is 18.2 Å². The Bertz CT molecular complexity index is 525. The smallest absolute Gasteiger partial charge is 0.178 e. The molecule has 0 N–H and O–H groups in total. The van der Waals surface area contributed by atoms with Gasteiger partial charge in [-0.05, 0) is 43.9 Å². The second-order valence-corrected chi connectivity index (χ2v) is 7.14. The van der Waals surface area contributed by atoms with E-state index in [0.717, 1.165) is 37.8 Å². The fraction of sp³-hybridized carbons (Fsp3) is 0.533. The predicted molar refractivity (Wildman–Crippen MR) is 75.1 cm³/mol. The molecule has 2 rings (SSSR count). The number of halogens is 2. The Morgan fingerprint density at radius 2 is 1.95 bits per heavy atom. The number of rotatable bonds is 5. The average Bonchev–Trinajstić information content (AvgIpc) is 2.93. The van der Waals surface area contributed by atoms with Crippen molar-refractivity contribution in [1.82, 2.24) is 0 Å². The molecular formula is C15H18F2O2S. The Labute approximate surface area is 120 Å². The van der Waals surface area contributed by atoms with Gasteiger partial charge in [0.15, 0.2) is 17.4 Å². The van der Waals surface area contributed by atoms with Crippen LogP contribution in [0.3, 0.4) is 0 Å². The lowest BCUT2D eigenvalue weighted by Crippen LogP contribution is -2.26. The minimum Gasteiger partial charge on any atom is -0.293 e. The van der Waals surface area contributed by atoms with E-state index < -0.39 is 27.7 Å². The van der Waals surface area contributed by atoms with Gasteiger partial charge in [-0.15, -0.1) is 0 Å². The molecule has 1 aromatic rings. The highest BCUT2D eigenvalue weighted by molar-refractivity contribution is 7.86. The van der Waals surface area contributed by atoms with Gasteiger partial charge in [0.1, 0.15) is 0 Å². The summed E-state index contributed by atoms with van der Waals surface area (Å²) >= 11 is 0. The van der Waals surface area contributed by atoms with Gasteiger partial charge in [0.05, 0.1) is 5.25 Å². The van der Waals surface area contributed by atoms with Gasteiger partial charge in [0.2, 0.25) is 0 Å². The third-order valence-corrected chi connectivity index (χ3v) is 5.65. The maximum Gasteiger partial charge on any atom is 0.178 e. The van der Waals surface area contributed by atoms with E-state index in [4.69, 9.17) is 0 Å². The Morgan fingerprint density at radius 1 is 1.30 bits per heavy atom. The molecule has 110 valence electrons. The van der Waals surface area contributed by atoms with Crippen molar-refractivity contribution in [3.8, 4) is 0 Å². The predicted octanol–water partition coefficient (Wildman–Crippen LogP) is 3.47. The Hall–Kier alpha value is -1.10. The summed E-state index contributed by atoms with van der Waals surface area (Å²) in [7, 11) is -1.26. The lowest BCUT2D eigenvalue weighted by molar-refractivity contribution is 0.0992. The second kappa shape index (κ2) is 6.57. The summed E-state index contributed by atoms with van der Waals surface area (Å²) in [5.74, 6) is -1.47. The number of ketones is 1. The van der Waals surface area contributed by atoms with E-state index in [0.29, 0.717) is 11.7 Å². The first-order valence-corrected chi connectivity index (χ1v) is 8.23. The van der Waals surface area contributed by atoms with Crippen LogP contribution >= 0.6 is 0 Å². The van der Waals surface area contributed by atoms with Crippen LogP contribution in [0.4, 0.5) is 8.78 Å². The van der Waals surface area contributed by atoms with E-state index >= 15 is 0 Å². The molecule has 2 unspecified atom stereocenters. The molecule has 0 heterocycles. The van der Waals surface area contributed by atoms with Crippen molar-refractivity contribution in [2.24, 2.45) is 5.92 Å². The first-order valence-electron chi connectivity index (χ1n) is 6.85. The normalized spacial score (nSPS) is 18.9. The highest BCUT2D eigenvalue weighted by Gasteiger charge is 2.26. The van der Waals surface area contributed by atoms with Crippen molar-refractivity contribution in [1.29, 1.82) is 0 Å². The average molecular weight is 300 g/mol. The molecule has 0 bridgehead atoms. The van der Waals surface area contributed by atoms with Crippen LogP contribution in [0.2, 0.25) is 0 Å². The fourth-order valence-electron chi connectivity index (χ4n) is 2.56. The molecule has 1 aliphatic carbocycles.